The van der Waals surface area contributed by atoms with Gasteiger partial charge in [0.1, 0.15) is 5.70 Å². The average molecular weight is 446 g/mol. The number of likely N-dealkylation sites (N-methyl/N-ethyl adjacent to an activating group) is 1. The van der Waals surface area contributed by atoms with Gasteiger partial charge in [-0.05, 0) is 43.0 Å². The first-order valence-corrected chi connectivity index (χ1v) is 11.8. The smallest absolute Gasteiger partial charge is 0.278 e. The van der Waals surface area contributed by atoms with Crippen molar-refractivity contribution in [3.05, 3.63) is 71.4 Å². The van der Waals surface area contributed by atoms with Crippen LogP contribution >= 0.6 is 0 Å². The van der Waals surface area contributed by atoms with Gasteiger partial charge in [-0.25, -0.2) is 0 Å². The van der Waals surface area contributed by atoms with E-state index >= 15 is 0 Å². The molecule has 1 fully saturated rings. The Labute approximate surface area is 195 Å². The molecule has 0 aromatic heterocycles. The van der Waals surface area contributed by atoms with Crippen molar-refractivity contribution < 1.29 is 14.4 Å². The molecule has 172 valence electrons. The highest BCUT2D eigenvalue weighted by atomic mass is 16.2. The van der Waals surface area contributed by atoms with Gasteiger partial charge in [0.25, 0.3) is 11.8 Å². The summed E-state index contributed by atoms with van der Waals surface area (Å²) in [6.07, 6.45) is 4.97. The van der Waals surface area contributed by atoms with E-state index in [1.807, 2.05) is 54.3 Å². The number of amides is 3. The van der Waals surface area contributed by atoms with E-state index < -0.39 is 0 Å². The minimum absolute atomic E-state index is 0.0414. The number of benzene rings is 2. The molecule has 2 aromatic carbocycles. The van der Waals surface area contributed by atoms with Crippen LogP contribution in [0.5, 0.6) is 0 Å². The zero-order valence-corrected chi connectivity index (χ0v) is 19.3. The second-order valence-electron chi connectivity index (χ2n) is 8.75. The maximum Gasteiger partial charge on any atom is 0.278 e. The van der Waals surface area contributed by atoms with Crippen molar-refractivity contribution in [2.75, 3.05) is 11.9 Å². The maximum atomic E-state index is 13.8. The van der Waals surface area contributed by atoms with E-state index in [-0.39, 0.29) is 23.8 Å². The first-order valence-electron chi connectivity index (χ1n) is 11.8. The molecule has 1 N–H and O–H groups in total. The molecule has 2 aromatic rings. The third-order valence-corrected chi connectivity index (χ3v) is 6.44. The van der Waals surface area contributed by atoms with Crippen LogP contribution in [0, 0.1) is 0 Å². The lowest BCUT2D eigenvalue weighted by molar-refractivity contribution is -0.141. The number of hydrogen-bond donors (Lipinski definition) is 1. The van der Waals surface area contributed by atoms with Gasteiger partial charge in [-0.1, -0.05) is 61.7 Å². The summed E-state index contributed by atoms with van der Waals surface area (Å²) in [4.78, 5) is 42.4. The van der Waals surface area contributed by atoms with Gasteiger partial charge in [-0.15, -0.1) is 0 Å². The van der Waals surface area contributed by atoms with Crippen molar-refractivity contribution in [1.29, 1.82) is 0 Å². The monoisotopic (exact) mass is 445 g/mol. The molecule has 4 rings (SSSR count). The van der Waals surface area contributed by atoms with Gasteiger partial charge in [-0.2, -0.15) is 0 Å². The van der Waals surface area contributed by atoms with Crippen molar-refractivity contribution in [3.8, 4) is 0 Å². The van der Waals surface area contributed by atoms with E-state index in [0.717, 1.165) is 37.7 Å². The minimum Gasteiger partial charge on any atom is -0.362 e. The predicted octanol–water partition coefficient (Wildman–Crippen LogP) is 4.58. The van der Waals surface area contributed by atoms with Crippen LogP contribution in [0.3, 0.4) is 0 Å². The topological polar surface area (TPSA) is 69.7 Å². The van der Waals surface area contributed by atoms with Crippen LogP contribution in [-0.2, 0) is 20.9 Å². The lowest BCUT2D eigenvalue weighted by Crippen LogP contribution is -2.43. The zero-order chi connectivity index (χ0) is 23.4. The van der Waals surface area contributed by atoms with E-state index in [9.17, 15) is 14.4 Å². The standard InChI is InChI=1S/C27H31N3O3/c1-3-29(18-20-10-6-4-7-11-20)25-24(21-14-16-22(17-15-21)28-19(2)31)26(32)30(27(25)33)23-12-8-5-9-13-23/h4,6-7,10-11,14-17,23H,3,5,8-9,12-13,18H2,1-2H3,(H,28,31). The summed E-state index contributed by atoms with van der Waals surface area (Å²) < 4.78 is 0. The van der Waals surface area contributed by atoms with Gasteiger partial charge in [0.05, 0.1) is 5.57 Å². The largest absolute Gasteiger partial charge is 0.362 e. The van der Waals surface area contributed by atoms with E-state index in [4.69, 9.17) is 0 Å². The number of imide groups is 1. The highest BCUT2D eigenvalue weighted by Gasteiger charge is 2.44. The van der Waals surface area contributed by atoms with Crippen molar-refractivity contribution in [1.82, 2.24) is 9.80 Å². The summed E-state index contributed by atoms with van der Waals surface area (Å²) in [5.41, 5.74) is 3.37. The van der Waals surface area contributed by atoms with Crippen LogP contribution in [0.25, 0.3) is 5.57 Å². The quantitative estimate of drug-likeness (QED) is 0.634. The van der Waals surface area contributed by atoms with Crippen LogP contribution in [0.1, 0.15) is 57.1 Å². The molecule has 6 heteroatoms. The summed E-state index contributed by atoms with van der Waals surface area (Å²) >= 11 is 0. The SMILES string of the molecule is CCN(Cc1ccccc1)C1=C(c2ccc(NC(C)=O)cc2)C(=O)N(C2CCCCC2)C1=O. The molecule has 0 radical (unpaired) electrons. The number of hydrogen-bond acceptors (Lipinski definition) is 4. The molecule has 0 unspecified atom stereocenters. The van der Waals surface area contributed by atoms with Gasteiger partial charge < -0.3 is 10.2 Å². The third kappa shape index (κ3) is 4.85. The molecular weight excluding hydrogens is 414 g/mol. The Hall–Kier alpha value is -3.41. The normalized spacial score (nSPS) is 17.0. The molecule has 0 atom stereocenters. The number of carbonyl (C=O) groups is 3. The van der Waals surface area contributed by atoms with E-state index in [1.54, 1.807) is 12.1 Å². The first-order chi connectivity index (χ1) is 16.0. The van der Waals surface area contributed by atoms with Gasteiger partial charge in [0.15, 0.2) is 0 Å². The second-order valence-corrected chi connectivity index (χ2v) is 8.75. The number of nitrogens with zero attached hydrogens (tertiary/aromatic N) is 2. The van der Waals surface area contributed by atoms with Crippen molar-refractivity contribution in [2.45, 2.75) is 58.5 Å². The molecule has 1 saturated carbocycles. The Morgan fingerprint density at radius 2 is 1.64 bits per heavy atom. The van der Waals surface area contributed by atoms with Gasteiger partial charge >= 0.3 is 0 Å². The van der Waals surface area contributed by atoms with E-state index in [1.165, 1.54) is 11.8 Å². The van der Waals surface area contributed by atoms with Crippen LogP contribution in [0.2, 0.25) is 0 Å². The molecule has 0 spiro atoms. The van der Waals surface area contributed by atoms with E-state index in [2.05, 4.69) is 5.32 Å². The lowest BCUT2D eigenvalue weighted by Gasteiger charge is -2.31. The molecule has 0 saturated heterocycles. The molecule has 1 heterocycles. The van der Waals surface area contributed by atoms with Crippen molar-refractivity contribution >= 4 is 29.0 Å². The fraction of sp³-hybridized carbons (Fsp3) is 0.370. The Bertz CT molecular complexity index is 1050. The summed E-state index contributed by atoms with van der Waals surface area (Å²) in [5.74, 6) is -0.551. The summed E-state index contributed by atoms with van der Waals surface area (Å²) in [5, 5.41) is 2.75. The summed E-state index contributed by atoms with van der Waals surface area (Å²) in [7, 11) is 0. The lowest BCUT2D eigenvalue weighted by atomic mass is 9.94. The number of nitrogens with one attached hydrogen (secondary N) is 1. The first kappa shape index (κ1) is 22.8. The van der Waals surface area contributed by atoms with Gasteiger partial charge in [0, 0.05) is 31.7 Å². The minimum atomic E-state index is -0.208. The highest BCUT2D eigenvalue weighted by Crippen LogP contribution is 2.36. The van der Waals surface area contributed by atoms with Crippen LogP contribution in [0.15, 0.2) is 60.3 Å². The molecule has 3 amide bonds. The van der Waals surface area contributed by atoms with Crippen LogP contribution in [-0.4, -0.2) is 40.1 Å². The molecular formula is C27H31N3O3. The Kier molecular flexibility index (Phi) is 6.92. The van der Waals surface area contributed by atoms with E-state index in [0.29, 0.717) is 35.6 Å². The Morgan fingerprint density at radius 1 is 0.970 bits per heavy atom. The van der Waals surface area contributed by atoms with Gasteiger partial charge in [-0.3, -0.25) is 19.3 Å². The highest BCUT2D eigenvalue weighted by molar-refractivity contribution is 6.35. The zero-order valence-electron chi connectivity index (χ0n) is 19.3. The number of rotatable bonds is 7. The van der Waals surface area contributed by atoms with Crippen molar-refractivity contribution in [3.63, 3.8) is 0 Å². The maximum absolute atomic E-state index is 13.8. The molecule has 33 heavy (non-hydrogen) atoms. The fourth-order valence-corrected chi connectivity index (χ4v) is 4.84. The van der Waals surface area contributed by atoms with Crippen LogP contribution in [0.4, 0.5) is 5.69 Å². The Balaban J connectivity index is 1.74. The third-order valence-electron chi connectivity index (χ3n) is 6.44. The summed E-state index contributed by atoms with van der Waals surface area (Å²) in [6, 6.07) is 17.1. The molecule has 1 aliphatic heterocycles. The second kappa shape index (κ2) is 10.0. The fourth-order valence-electron chi connectivity index (χ4n) is 4.84. The predicted molar refractivity (Wildman–Crippen MR) is 129 cm³/mol. The molecule has 6 nitrogen and oxygen atoms in total. The molecule has 0 bridgehead atoms. The average Bonchev–Trinajstić information content (AvgIpc) is 3.08. The number of carbonyl (C=O) groups excluding carboxylic acids is 3. The Morgan fingerprint density at radius 3 is 2.24 bits per heavy atom. The van der Waals surface area contributed by atoms with Crippen LogP contribution < -0.4 is 5.32 Å². The van der Waals surface area contributed by atoms with Crippen molar-refractivity contribution in [2.24, 2.45) is 0 Å². The van der Waals surface area contributed by atoms with Gasteiger partial charge in [0.2, 0.25) is 5.91 Å². The molecule has 1 aliphatic carbocycles. The molecule has 2 aliphatic rings. The number of anilines is 1. The summed E-state index contributed by atoms with van der Waals surface area (Å²) in [6.45, 7) is 4.62.